The Labute approximate surface area is 234 Å². The number of pyridine rings is 3. The molecule has 0 atom stereocenters. The van der Waals surface area contributed by atoms with Gasteiger partial charge in [-0.2, -0.15) is 0 Å². The van der Waals surface area contributed by atoms with Crippen LogP contribution in [0.15, 0.2) is 116 Å². The molecule has 10 rings (SSSR count). The fraction of sp³-hybridized carbons (Fsp3) is 0.0278. The molecule has 0 saturated carbocycles. The van der Waals surface area contributed by atoms with Crippen LogP contribution in [0.3, 0.4) is 0 Å². The van der Waals surface area contributed by atoms with Gasteiger partial charge in [0.1, 0.15) is 11.2 Å². The third-order valence-electron chi connectivity index (χ3n) is 8.81. The van der Waals surface area contributed by atoms with Crippen molar-refractivity contribution in [1.82, 2.24) is 23.9 Å². The Morgan fingerprint density at radius 3 is 2.29 bits per heavy atom. The molecular formula is C36H21N5. The van der Waals surface area contributed by atoms with E-state index in [-0.39, 0.29) is 0 Å². The SMILES string of the molecule is c1ccc(-n2c3ccccc3c3cc4c(cc32)Cc2cc3c(cc2-4)c2ccncc2n2c4ncccc4nc32)cc1. The maximum absolute atomic E-state index is 5.05. The first-order valence-corrected chi connectivity index (χ1v) is 13.9. The molecule has 5 heterocycles. The van der Waals surface area contributed by atoms with Gasteiger partial charge in [0.2, 0.25) is 0 Å². The van der Waals surface area contributed by atoms with Gasteiger partial charge in [-0.25, -0.2) is 9.97 Å². The first kappa shape index (κ1) is 21.3. The van der Waals surface area contributed by atoms with Crippen molar-refractivity contribution >= 4 is 60.3 Å². The molecule has 5 nitrogen and oxygen atoms in total. The predicted molar refractivity (Wildman–Crippen MR) is 166 cm³/mol. The fourth-order valence-corrected chi connectivity index (χ4v) is 7.08. The fourth-order valence-electron chi connectivity index (χ4n) is 7.08. The summed E-state index contributed by atoms with van der Waals surface area (Å²) in [5.74, 6) is 0. The van der Waals surface area contributed by atoms with E-state index in [1.165, 1.54) is 55.1 Å². The highest BCUT2D eigenvalue weighted by Gasteiger charge is 2.25. The van der Waals surface area contributed by atoms with E-state index in [0.29, 0.717) is 0 Å². The van der Waals surface area contributed by atoms with E-state index in [4.69, 9.17) is 4.98 Å². The Morgan fingerprint density at radius 1 is 0.561 bits per heavy atom. The summed E-state index contributed by atoms with van der Waals surface area (Å²) in [6, 6.07) is 35.1. The third-order valence-corrected chi connectivity index (χ3v) is 8.81. The van der Waals surface area contributed by atoms with Crippen molar-refractivity contribution in [2.45, 2.75) is 6.42 Å². The second-order valence-electron chi connectivity index (χ2n) is 11.0. The molecule has 0 fully saturated rings. The maximum Gasteiger partial charge on any atom is 0.165 e. The largest absolute Gasteiger partial charge is 0.309 e. The number of rotatable bonds is 1. The molecule has 1 aliphatic carbocycles. The second-order valence-corrected chi connectivity index (χ2v) is 11.0. The number of hydrogen-bond acceptors (Lipinski definition) is 3. The zero-order chi connectivity index (χ0) is 26.7. The lowest BCUT2D eigenvalue weighted by molar-refractivity contribution is 1.17. The number of benzene rings is 4. The second kappa shape index (κ2) is 7.55. The van der Waals surface area contributed by atoms with Gasteiger partial charge in [0.25, 0.3) is 0 Å². The van der Waals surface area contributed by atoms with Crippen LogP contribution in [0.25, 0.3) is 77.1 Å². The minimum atomic E-state index is 0.863. The van der Waals surface area contributed by atoms with Crippen molar-refractivity contribution in [1.29, 1.82) is 0 Å². The van der Waals surface area contributed by atoms with Crippen molar-refractivity contribution in [2.75, 3.05) is 0 Å². The molecule has 9 aromatic rings. The van der Waals surface area contributed by atoms with E-state index in [0.717, 1.165) is 39.5 Å². The molecule has 0 N–H and O–H groups in total. The summed E-state index contributed by atoms with van der Waals surface area (Å²) in [6.07, 6.45) is 6.54. The van der Waals surface area contributed by atoms with Gasteiger partial charge in [-0.15, -0.1) is 0 Å². The molecule has 4 aromatic carbocycles. The monoisotopic (exact) mass is 523 g/mol. The molecule has 0 spiro atoms. The van der Waals surface area contributed by atoms with Crippen molar-refractivity contribution in [2.24, 2.45) is 0 Å². The Morgan fingerprint density at radius 2 is 1.37 bits per heavy atom. The van der Waals surface area contributed by atoms with Gasteiger partial charge in [-0.05, 0) is 94.7 Å². The maximum atomic E-state index is 5.05. The van der Waals surface area contributed by atoms with E-state index in [9.17, 15) is 0 Å². The highest BCUT2D eigenvalue weighted by molar-refractivity contribution is 6.16. The first-order chi connectivity index (χ1) is 20.3. The lowest BCUT2D eigenvalue weighted by Crippen LogP contribution is -1.94. The van der Waals surface area contributed by atoms with Gasteiger partial charge >= 0.3 is 0 Å². The Kier molecular flexibility index (Phi) is 3.92. The average molecular weight is 524 g/mol. The summed E-state index contributed by atoms with van der Waals surface area (Å²) in [4.78, 5) is 14.2. The van der Waals surface area contributed by atoms with Crippen molar-refractivity contribution in [3.05, 3.63) is 127 Å². The van der Waals surface area contributed by atoms with Gasteiger partial charge in [0.05, 0.1) is 22.7 Å². The van der Waals surface area contributed by atoms with Crippen LogP contribution in [0.5, 0.6) is 0 Å². The molecule has 0 radical (unpaired) electrons. The minimum Gasteiger partial charge on any atom is -0.309 e. The van der Waals surface area contributed by atoms with Crippen LogP contribution in [-0.2, 0) is 6.42 Å². The Hall–Kier alpha value is -5.55. The molecule has 5 heteroatoms. The molecule has 0 bridgehead atoms. The van der Waals surface area contributed by atoms with Gasteiger partial charge in [-0.1, -0.05) is 36.4 Å². The van der Waals surface area contributed by atoms with Crippen LogP contribution in [0.1, 0.15) is 11.1 Å². The van der Waals surface area contributed by atoms with Crippen LogP contribution < -0.4 is 0 Å². The lowest BCUT2D eigenvalue weighted by atomic mass is 9.98. The molecule has 41 heavy (non-hydrogen) atoms. The lowest BCUT2D eigenvalue weighted by Gasteiger charge is -2.11. The number of hydrogen-bond donors (Lipinski definition) is 0. The number of fused-ring (bicyclic) bond motifs is 14. The van der Waals surface area contributed by atoms with E-state index in [2.05, 4.69) is 104 Å². The summed E-state index contributed by atoms with van der Waals surface area (Å²) in [6.45, 7) is 0. The van der Waals surface area contributed by atoms with Crippen LogP contribution in [0.4, 0.5) is 0 Å². The van der Waals surface area contributed by atoms with E-state index < -0.39 is 0 Å². The molecular weight excluding hydrogens is 502 g/mol. The quantitative estimate of drug-likeness (QED) is 0.204. The van der Waals surface area contributed by atoms with Crippen molar-refractivity contribution in [3.63, 3.8) is 0 Å². The van der Waals surface area contributed by atoms with E-state index >= 15 is 0 Å². The van der Waals surface area contributed by atoms with Gasteiger partial charge in [0, 0.05) is 39.6 Å². The molecule has 190 valence electrons. The summed E-state index contributed by atoms with van der Waals surface area (Å²) in [7, 11) is 0. The smallest absolute Gasteiger partial charge is 0.165 e. The third kappa shape index (κ3) is 2.72. The number of para-hydroxylation sites is 2. The van der Waals surface area contributed by atoms with Crippen LogP contribution in [0.2, 0.25) is 0 Å². The molecule has 5 aromatic heterocycles. The number of nitrogens with zero attached hydrogens (tertiary/aromatic N) is 5. The number of imidazole rings is 1. The topological polar surface area (TPSA) is 48.0 Å². The summed E-state index contributed by atoms with van der Waals surface area (Å²) in [5, 5.41) is 6.07. The minimum absolute atomic E-state index is 0.863. The van der Waals surface area contributed by atoms with Crippen molar-refractivity contribution < 1.29 is 0 Å². The highest BCUT2D eigenvalue weighted by Crippen LogP contribution is 2.45. The molecule has 1 aliphatic rings. The zero-order valence-corrected chi connectivity index (χ0v) is 21.9. The molecule has 0 saturated heterocycles. The van der Waals surface area contributed by atoms with E-state index in [1.54, 1.807) is 0 Å². The predicted octanol–water partition coefficient (Wildman–Crippen LogP) is 8.25. The van der Waals surface area contributed by atoms with E-state index in [1.807, 2.05) is 30.7 Å². The average Bonchev–Trinajstić information content (AvgIpc) is 3.69. The molecule has 0 unspecified atom stereocenters. The van der Waals surface area contributed by atoms with Crippen LogP contribution >= 0.6 is 0 Å². The standard InChI is InChI=1S/C36H21N5/c1-2-7-23(8-3-1)40-32-11-5-4-9-24(32)29-19-27-22(17-33(29)40)15-21-16-30-28(18-26(21)27)25-12-14-37-20-34(25)41-35(30)39-31-10-6-13-38-36(31)41/h1-14,16-20H,15H2. The summed E-state index contributed by atoms with van der Waals surface area (Å²) >= 11 is 0. The van der Waals surface area contributed by atoms with Crippen molar-refractivity contribution in [3.8, 4) is 16.8 Å². The molecule has 0 aliphatic heterocycles. The molecule has 0 amide bonds. The zero-order valence-electron chi connectivity index (χ0n) is 21.9. The Balaban J connectivity index is 1.30. The van der Waals surface area contributed by atoms with Gasteiger partial charge in [-0.3, -0.25) is 9.38 Å². The normalized spacial score (nSPS) is 12.8. The summed E-state index contributed by atoms with van der Waals surface area (Å²) in [5.41, 5.74) is 12.7. The van der Waals surface area contributed by atoms with Gasteiger partial charge < -0.3 is 4.57 Å². The first-order valence-electron chi connectivity index (χ1n) is 13.9. The van der Waals surface area contributed by atoms with Gasteiger partial charge in [0.15, 0.2) is 5.65 Å². The summed E-state index contributed by atoms with van der Waals surface area (Å²) < 4.78 is 4.56. The highest BCUT2D eigenvalue weighted by atomic mass is 15.1. The Bertz CT molecular complexity index is 2550. The number of aromatic nitrogens is 5. The van der Waals surface area contributed by atoms with Crippen LogP contribution in [-0.4, -0.2) is 23.9 Å². The van der Waals surface area contributed by atoms with Crippen LogP contribution in [0, 0.1) is 0 Å².